The number of benzene rings is 2. The molecule has 0 saturated carbocycles. The van der Waals surface area contributed by atoms with E-state index in [1.54, 1.807) is 0 Å². The van der Waals surface area contributed by atoms with E-state index in [0.717, 1.165) is 42.4 Å². The number of carbonyl (C=O) groups excluding carboxylic acids is 1. The van der Waals surface area contributed by atoms with E-state index in [2.05, 4.69) is 54.8 Å². The van der Waals surface area contributed by atoms with Crippen LogP contribution in [-0.2, 0) is 29.0 Å². The van der Waals surface area contributed by atoms with E-state index in [0.29, 0.717) is 13.0 Å². The Labute approximate surface area is 197 Å². The lowest BCUT2D eigenvalue weighted by Gasteiger charge is -2.33. The second kappa shape index (κ2) is 9.62. The van der Waals surface area contributed by atoms with E-state index in [9.17, 15) is 4.79 Å². The number of ether oxygens (including phenoxy) is 1. The Hall–Kier alpha value is -2.40. The summed E-state index contributed by atoms with van der Waals surface area (Å²) in [6.07, 6.45) is 4.04. The lowest BCUT2D eigenvalue weighted by atomic mass is 9.84. The highest BCUT2D eigenvalue weighted by atomic mass is 32.1. The maximum atomic E-state index is 12.5. The Kier molecular flexibility index (Phi) is 6.85. The number of fused-ring (bicyclic) bond motifs is 1. The zero-order valence-electron chi connectivity index (χ0n) is 19.8. The molecule has 0 N–H and O–H groups in total. The Morgan fingerprint density at radius 3 is 2.19 bits per heavy atom. The first-order valence-electron chi connectivity index (χ1n) is 11.8. The first-order valence-corrected chi connectivity index (χ1v) is 12.2. The van der Waals surface area contributed by atoms with Crippen LogP contribution in [0, 0.1) is 20.8 Å². The van der Waals surface area contributed by atoms with Gasteiger partial charge in [-0.1, -0.05) is 29.8 Å². The minimum atomic E-state index is -0.165. The van der Waals surface area contributed by atoms with Crippen LogP contribution in [0.2, 0.25) is 0 Å². The fourth-order valence-electron chi connectivity index (χ4n) is 5.17. The summed E-state index contributed by atoms with van der Waals surface area (Å²) in [4.78, 5) is 17.2. The fourth-order valence-corrected chi connectivity index (χ4v) is 5.49. The summed E-state index contributed by atoms with van der Waals surface area (Å²) in [5.41, 5.74) is 9.83. The van der Waals surface area contributed by atoms with Gasteiger partial charge in [-0.3, -0.25) is 4.79 Å². The van der Waals surface area contributed by atoms with Gasteiger partial charge in [0.1, 0.15) is 0 Å². The molecule has 0 bridgehead atoms. The van der Waals surface area contributed by atoms with Crippen molar-refractivity contribution < 1.29 is 9.53 Å². The van der Waals surface area contributed by atoms with Gasteiger partial charge in [-0.25, -0.2) is 0 Å². The largest absolute Gasteiger partial charge is 0.466 e. The molecule has 0 unspecified atom stereocenters. The number of rotatable bonds is 4. The van der Waals surface area contributed by atoms with Crippen molar-refractivity contribution in [2.24, 2.45) is 0 Å². The van der Waals surface area contributed by atoms with Gasteiger partial charge in [0, 0.05) is 26.2 Å². The molecule has 0 spiro atoms. The van der Waals surface area contributed by atoms with Crippen molar-refractivity contribution in [2.45, 2.75) is 66.5 Å². The molecule has 1 saturated heterocycles. The average molecular weight is 451 g/mol. The number of aryl methyl sites for hydroxylation is 1. The summed E-state index contributed by atoms with van der Waals surface area (Å²) in [5.74, 6) is -0.165. The van der Waals surface area contributed by atoms with Crippen molar-refractivity contribution in [2.75, 3.05) is 19.7 Å². The smallest absolute Gasteiger partial charge is 0.310 e. The van der Waals surface area contributed by atoms with E-state index < -0.39 is 0 Å². The fraction of sp³-hybridized carbons (Fsp3) is 0.481. The van der Waals surface area contributed by atoms with Crippen LogP contribution in [0.25, 0.3) is 11.1 Å². The van der Waals surface area contributed by atoms with Crippen LogP contribution < -0.4 is 0 Å². The third kappa shape index (κ3) is 4.40. The molecule has 5 heteroatoms. The molecular formula is C27H34N2O2S. The number of thiocarbonyl (C=S) groups is 1. The first kappa shape index (κ1) is 22.8. The Bertz CT molecular complexity index is 1020. The van der Waals surface area contributed by atoms with Crippen LogP contribution in [0.1, 0.15) is 59.6 Å². The van der Waals surface area contributed by atoms with Crippen LogP contribution in [0.3, 0.4) is 0 Å². The maximum absolute atomic E-state index is 12.5. The standard InChI is InChI=1S/C27H34N2O2S/c1-5-31-25(30)15-22-19(3)23-16-29(27(32)28-13-7-6-8-14-28)17-24(23)20(4)26(22)21-11-9-18(2)10-12-21/h9-12H,5-8,13-17H2,1-4H3. The van der Waals surface area contributed by atoms with Crippen LogP contribution in [0.4, 0.5) is 0 Å². The lowest BCUT2D eigenvalue weighted by molar-refractivity contribution is -0.142. The van der Waals surface area contributed by atoms with Gasteiger partial charge in [-0.05, 0) is 98.1 Å². The van der Waals surface area contributed by atoms with Gasteiger partial charge in [0.2, 0.25) is 0 Å². The second-order valence-corrected chi connectivity index (χ2v) is 9.46. The molecule has 0 aliphatic carbocycles. The normalized spacial score (nSPS) is 15.6. The van der Waals surface area contributed by atoms with Crippen molar-refractivity contribution in [3.05, 3.63) is 57.6 Å². The van der Waals surface area contributed by atoms with Gasteiger partial charge in [-0.15, -0.1) is 0 Å². The molecule has 170 valence electrons. The highest BCUT2D eigenvalue weighted by Crippen LogP contribution is 2.40. The van der Waals surface area contributed by atoms with Gasteiger partial charge >= 0.3 is 5.97 Å². The molecule has 1 fully saturated rings. The zero-order valence-corrected chi connectivity index (χ0v) is 20.6. The van der Waals surface area contributed by atoms with Crippen LogP contribution in [0.15, 0.2) is 24.3 Å². The Morgan fingerprint density at radius 1 is 0.938 bits per heavy atom. The summed E-state index contributed by atoms with van der Waals surface area (Å²) in [5, 5.41) is 0.975. The molecule has 0 aromatic heterocycles. The topological polar surface area (TPSA) is 32.8 Å². The molecule has 32 heavy (non-hydrogen) atoms. The SMILES string of the molecule is CCOC(=O)Cc1c(C)c2c(c(C)c1-c1ccc(C)cc1)CN(C(=S)N1CCCCC1)C2. The molecule has 4 rings (SSSR count). The van der Waals surface area contributed by atoms with Crippen molar-refractivity contribution in [1.29, 1.82) is 0 Å². The number of hydrogen-bond donors (Lipinski definition) is 0. The quantitative estimate of drug-likeness (QED) is 0.456. The molecule has 0 radical (unpaired) electrons. The van der Waals surface area contributed by atoms with Crippen LogP contribution >= 0.6 is 12.2 Å². The van der Waals surface area contributed by atoms with E-state index in [4.69, 9.17) is 17.0 Å². The molecule has 0 atom stereocenters. The van der Waals surface area contributed by atoms with Crippen molar-refractivity contribution >= 4 is 23.3 Å². The Morgan fingerprint density at radius 2 is 1.56 bits per heavy atom. The molecule has 2 aromatic rings. The summed E-state index contributed by atoms with van der Waals surface area (Å²) >= 11 is 5.92. The van der Waals surface area contributed by atoms with Gasteiger partial charge in [0.15, 0.2) is 5.11 Å². The molecule has 0 amide bonds. The number of hydrogen-bond acceptors (Lipinski definition) is 3. The third-order valence-electron chi connectivity index (χ3n) is 6.96. The van der Waals surface area contributed by atoms with Crippen LogP contribution in [-0.4, -0.2) is 40.6 Å². The van der Waals surface area contributed by atoms with E-state index in [1.807, 2.05) is 6.92 Å². The Balaban J connectivity index is 1.75. The molecule has 2 heterocycles. The van der Waals surface area contributed by atoms with Gasteiger partial charge in [0.25, 0.3) is 0 Å². The maximum Gasteiger partial charge on any atom is 0.310 e. The summed E-state index contributed by atoms with van der Waals surface area (Å²) in [6.45, 7) is 12.5. The summed E-state index contributed by atoms with van der Waals surface area (Å²) in [6, 6.07) is 8.62. The molecule has 2 aliphatic heterocycles. The highest BCUT2D eigenvalue weighted by molar-refractivity contribution is 7.80. The van der Waals surface area contributed by atoms with E-state index in [1.165, 1.54) is 52.6 Å². The molecular weight excluding hydrogens is 416 g/mol. The van der Waals surface area contributed by atoms with E-state index in [-0.39, 0.29) is 5.97 Å². The number of nitrogens with zero attached hydrogens (tertiary/aromatic N) is 2. The zero-order chi connectivity index (χ0) is 22.8. The molecule has 2 aliphatic rings. The summed E-state index contributed by atoms with van der Waals surface area (Å²) in [7, 11) is 0. The van der Waals surface area contributed by atoms with Crippen molar-refractivity contribution in [3.8, 4) is 11.1 Å². The second-order valence-electron chi connectivity index (χ2n) is 9.09. The number of carbonyl (C=O) groups is 1. The third-order valence-corrected chi connectivity index (χ3v) is 7.48. The van der Waals surface area contributed by atoms with Gasteiger partial charge in [-0.2, -0.15) is 0 Å². The molecule has 2 aromatic carbocycles. The van der Waals surface area contributed by atoms with E-state index >= 15 is 0 Å². The monoisotopic (exact) mass is 450 g/mol. The van der Waals surface area contributed by atoms with Crippen LogP contribution in [0.5, 0.6) is 0 Å². The predicted octanol–water partition coefficient (Wildman–Crippen LogP) is 5.47. The average Bonchev–Trinajstić information content (AvgIpc) is 3.25. The van der Waals surface area contributed by atoms with Gasteiger partial charge in [0.05, 0.1) is 13.0 Å². The van der Waals surface area contributed by atoms with Gasteiger partial charge < -0.3 is 14.5 Å². The number of esters is 1. The molecule has 4 nitrogen and oxygen atoms in total. The summed E-state index contributed by atoms with van der Waals surface area (Å²) < 4.78 is 5.33. The van der Waals surface area contributed by atoms with Crippen molar-refractivity contribution in [3.63, 3.8) is 0 Å². The number of likely N-dealkylation sites (tertiary alicyclic amines) is 1. The van der Waals surface area contributed by atoms with Crippen molar-refractivity contribution in [1.82, 2.24) is 9.80 Å². The number of piperidine rings is 1. The first-order chi connectivity index (χ1) is 15.4. The predicted molar refractivity (Wildman–Crippen MR) is 134 cm³/mol. The minimum Gasteiger partial charge on any atom is -0.466 e. The minimum absolute atomic E-state index is 0.165. The highest BCUT2D eigenvalue weighted by Gasteiger charge is 2.31. The lowest BCUT2D eigenvalue weighted by Crippen LogP contribution is -2.43.